The zero-order valence-electron chi connectivity index (χ0n) is 9.64. The van der Waals surface area contributed by atoms with Crippen LogP contribution >= 0.6 is 11.6 Å². The van der Waals surface area contributed by atoms with Gasteiger partial charge in [-0.3, -0.25) is 4.90 Å². The van der Waals surface area contributed by atoms with Crippen LogP contribution in [0.5, 0.6) is 0 Å². The number of rotatable bonds is 5. The van der Waals surface area contributed by atoms with Crippen LogP contribution in [-0.4, -0.2) is 29.9 Å². The molecule has 0 bridgehead atoms. The number of halogens is 1. The molecule has 1 saturated heterocycles. The second-order valence-corrected chi connectivity index (χ2v) is 4.79. The Hall–Kier alpha value is 0.250. The van der Waals surface area contributed by atoms with E-state index in [0.717, 1.165) is 11.8 Å². The molecule has 0 aromatic rings. The van der Waals surface area contributed by atoms with Gasteiger partial charge in [-0.05, 0) is 25.3 Å². The van der Waals surface area contributed by atoms with E-state index in [2.05, 4.69) is 18.7 Å². The highest BCUT2D eigenvalue weighted by atomic mass is 35.5. The molecule has 1 aliphatic rings. The molecule has 0 spiro atoms. The molecule has 1 unspecified atom stereocenters. The van der Waals surface area contributed by atoms with Gasteiger partial charge in [0.25, 0.3) is 0 Å². The van der Waals surface area contributed by atoms with Gasteiger partial charge in [-0.25, -0.2) is 0 Å². The van der Waals surface area contributed by atoms with Crippen LogP contribution in [0, 0.1) is 5.92 Å². The fourth-order valence-corrected chi connectivity index (χ4v) is 2.70. The predicted molar refractivity (Wildman–Crippen MR) is 64.0 cm³/mol. The Morgan fingerprint density at radius 3 is 2.57 bits per heavy atom. The van der Waals surface area contributed by atoms with Gasteiger partial charge >= 0.3 is 0 Å². The molecule has 1 heterocycles. The van der Waals surface area contributed by atoms with Crippen molar-refractivity contribution in [1.82, 2.24) is 4.90 Å². The lowest BCUT2D eigenvalue weighted by atomic mass is 9.98. The molecule has 84 valence electrons. The lowest BCUT2D eigenvalue weighted by Crippen LogP contribution is -2.43. The van der Waals surface area contributed by atoms with Crippen LogP contribution < -0.4 is 0 Å². The fourth-order valence-electron chi connectivity index (χ4n) is 2.35. The standard InChI is InChI=1S/C12H24ClN/c1-3-11(4-2)10-14-8-6-5-7-12(14)9-13/h11-12H,3-10H2,1-2H3. The molecule has 0 amide bonds. The molecule has 0 N–H and O–H groups in total. The van der Waals surface area contributed by atoms with Crippen molar-refractivity contribution in [3.63, 3.8) is 0 Å². The first-order valence-corrected chi connectivity index (χ1v) is 6.65. The summed E-state index contributed by atoms with van der Waals surface area (Å²) in [6.45, 7) is 7.14. The normalized spacial score (nSPS) is 24.4. The van der Waals surface area contributed by atoms with Crippen LogP contribution in [0.25, 0.3) is 0 Å². The number of likely N-dealkylation sites (tertiary alicyclic amines) is 1. The average Bonchev–Trinajstić information content (AvgIpc) is 2.26. The Bertz CT molecular complexity index is 145. The van der Waals surface area contributed by atoms with Crippen molar-refractivity contribution in [1.29, 1.82) is 0 Å². The zero-order valence-corrected chi connectivity index (χ0v) is 10.4. The Morgan fingerprint density at radius 2 is 2.00 bits per heavy atom. The predicted octanol–water partition coefficient (Wildman–Crippen LogP) is 3.52. The topological polar surface area (TPSA) is 3.24 Å². The molecule has 0 aromatic carbocycles. The van der Waals surface area contributed by atoms with Gasteiger partial charge in [0.1, 0.15) is 0 Å². The summed E-state index contributed by atoms with van der Waals surface area (Å²) >= 11 is 6.00. The first-order chi connectivity index (χ1) is 6.81. The number of alkyl halides is 1. The van der Waals surface area contributed by atoms with Crippen molar-refractivity contribution in [2.75, 3.05) is 19.0 Å². The third kappa shape index (κ3) is 3.43. The number of piperidine rings is 1. The lowest BCUT2D eigenvalue weighted by molar-refractivity contribution is 0.135. The summed E-state index contributed by atoms with van der Waals surface area (Å²) in [5.74, 6) is 1.69. The van der Waals surface area contributed by atoms with Crippen LogP contribution in [0.2, 0.25) is 0 Å². The molecule has 14 heavy (non-hydrogen) atoms. The fraction of sp³-hybridized carbons (Fsp3) is 1.00. The Balaban J connectivity index is 2.39. The molecular formula is C12H24ClN. The minimum atomic E-state index is 0.658. The quantitative estimate of drug-likeness (QED) is 0.637. The van der Waals surface area contributed by atoms with E-state index in [1.54, 1.807) is 0 Å². The number of hydrogen-bond acceptors (Lipinski definition) is 1. The molecule has 1 atom stereocenters. The molecule has 0 radical (unpaired) electrons. The molecule has 0 aliphatic carbocycles. The summed E-state index contributed by atoms with van der Waals surface area (Å²) in [4.78, 5) is 2.62. The van der Waals surface area contributed by atoms with Gasteiger partial charge in [-0.15, -0.1) is 11.6 Å². The Labute approximate surface area is 93.8 Å². The van der Waals surface area contributed by atoms with Crippen LogP contribution in [0.4, 0.5) is 0 Å². The highest BCUT2D eigenvalue weighted by Gasteiger charge is 2.22. The molecule has 1 aliphatic heterocycles. The van der Waals surface area contributed by atoms with Gasteiger partial charge in [-0.2, -0.15) is 0 Å². The minimum absolute atomic E-state index is 0.658. The molecule has 0 saturated carbocycles. The van der Waals surface area contributed by atoms with Crippen molar-refractivity contribution >= 4 is 11.6 Å². The first-order valence-electron chi connectivity index (χ1n) is 6.11. The van der Waals surface area contributed by atoms with Gasteiger partial charge in [0.05, 0.1) is 0 Å². The van der Waals surface area contributed by atoms with E-state index in [9.17, 15) is 0 Å². The summed E-state index contributed by atoms with van der Waals surface area (Å²) in [6, 6.07) is 0.658. The molecular weight excluding hydrogens is 194 g/mol. The van der Waals surface area contributed by atoms with E-state index < -0.39 is 0 Å². The Kier molecular flexibility index (Phi) is 5.88. The van der Waals surface area contributed by atoms with Gasteiger partial charge < -0.3 is 0 Å². The van der Waals surface area contributed by atoms with Gasteiger partial charge in [-0.1, -0.05) is 33.1 Å². The summed E-state index contributed by atoms with van der Waals surface area (Å²) in [7, 11) is 0. The second kappa shape index (κ2) is 6.68. The van der Waals surface area contributed by atoms with E-state index in [1.807, 2.05) is 0 Å². The van der Waals surface area contributed by atoms with Crippen LogP contribution in [0.1, 0.15) is 46.0 Å². The van der Waals surface area contributed by atoms with Crippen molar-refractivity contribution in [3.05, 3.63) is 0 Å². The van der Waals surface area contributed by atoms with Gasteiger partial charge in [0.2, 0.25) is 0 Å². The molecule has 2 heteroatoms. The van der Waals surface area contributed by atoms with Crippen molar-refractivity contribution < 1.29 is 0 Å². The second-order valence-electron chi connectivity index (χ2n) is 4.48. The number of nitrogens with zero attached hydrogens (tertiary/aromatic N) is 1. The smallest absolute Gasteiger partial charge is 0.0379 e. The van der Waals surface area contributed by atoms with E-state index in [1.165, 1.54) is 45.2 Å². The molecule has 0 aromatic heterocycles. The summed E-state index contributed by atoms with van der Waals surface area (Å²) in [5, 5.41) is 0. The Morgan fingerprint density at radius 1 is 1.29 bits per heavy atom. The van der Waals surface area contributed by atoms with E-state index in [4.69, 9.17) is 11.6 Å². The summed E-state index contributed by atoms with van der Waals surface area (Å²) in [5.41, 5.74) is 0. The van der Waals surface area contributed by atoms with Crippen molar-refractivity contribution in [3.8, 4) is 0 Å². The van der Waals surface area contributed by atoms with E-state index in [0.29, 0.717) is 6.04 Å². The summed E-state index contributed by atoms with van der Waals surface area (Å²) < 4.78 is 0. The van der Waals surface area contributed by atoms with E-state index >= 15 is 0 Å². The van der Waals surface area contributed by atoms with Crippen LogP contribution in [0.3, 0.4) is 0 Å². The van der Waals surface area contributed by atoms with Crippen LogP contribution in [-0.2, 0) is 0 Å². The maximum absolute atomic E-state index is 6.00. The SMILES string of the molecule is CCC(CC)CN1CCCCC1CCl. The van der Waals surface area contributed by atoms with E-state index in [-0.39, 0.29) is 0 Å². The van der Waals surface area contributed by atoms with Crippen LogP contribution in [0.15, 0.2) is 0 Å². The van der Waals surface area contributed by atoms with Crippen molar-refractivity contribution in [2.45, 2.75) is 52.0 Å². The molecule has 1 fully saturated rings. The largest absolute Gasteiger partial charge is 0.299 e. The highest BCUT2D eigenvalue weighted by Crippen LogP contribution is 2.21. The third-order valence-corrected chi connectivity index (χ3v) is 3.93. The minimum Gasteiger partial charge on any atom is -0.299 e. The van der Waals surface area contributed by atoms with Gasteiger partial charge in [0, 0.05) is 18.5 Å². The summed E-state index contributed by atoms with van der Waals surface area (Å²) in [6.07, 6.45) is 6.66. The average molecular weight is 218 g/mol. The van der Waals surface area contributed by atoms with Crippen molar-refractivity contribution in [2.24, 2.45) is 5.92 Å². The highest BCUT2D eigenvalue weighted by molar-refractivity contribution is 6.18. The number of hydrogen-bond donors (Lipinski definition) is 0. The maximum Gasteiger partial charge on any atom is 0.0379 e. The van der Waals surface area contributed by atoms with Gasteiger partial charge in [0.15, 0.2) is 0 Å². The zero-order chi connectivity index (χ0) is 10.4. The first kappa shape index (κ1) is 12.3. The molecule has 1 nitrogen and oxygen atoms in total. The maximum atomic E-state index is 6.00. The third-order valence-electron chi connectivity index (χ3n) is 3.57. The lowest BCUT2D eigenvalue weighted by Gasteiger charge is -2.36. The monoisotopic (exact) mass is 217 g/mol. The molecule has 1 rings (SSSR count).